The molecule has 0 atom stereocenters. The topological polar surface area (TPSA) is 54.0 Å². The Kier molecular flexibility index (Phi) is 5.12. The molecule has 2 aromatic rings. The van der Waals surface area contributed by atoms with E-state index in [1.54, 1.807) is 12.4 Å². The van der Waals surface area contributed by atoms with Gasteiger partial charge in [-0.3, -0.25) is 9.78 Å². The van der Waals surface area contributed by atoms with Crippen molar-refractivity contribution >= 4 is 17.3 Å². The lowest BCUT2D eigenvalue weighted by molar-refractivity contribution is 0.0954. The number of unbranched alkanes of at least 4 members (excludes halogenated alkanes) is 1. The number of aromatic nitrogens is 1. The first-order valence-corrected chi connectivity index (χ1v) is 6.85. The number of pyridine rings is 1. The molecular weight excluding hydrogens is 250 g/mol. The smallest absolute Gasteiger partial charge is 0.253 e. The van der Waals surface area contributed by atoms with E-state index < -0.39 is 0 Å². The molecule has 1 heterocycles. The van der Waals surface area contributed by atoms with Crippen LogP contribution >= 0.6 is 0 Å². The van der Waals surface area contributed by atoms with Gasteiger partial charge in [-0.1, -0.05) is 25.5 Å². The predicted octanol–water partition coefficient (Wildman–Crippen LogP) is 3.36. The zero-order valence-corrected chi connectivity index (χ0v) is 11.6. The van der Waals surface area contributed by atoms with E-state index in [2.05, 4.69) is 22.5 Å². The molecule has 1 aromatic carbocycles. The Hall–Kier alpha value is -2.36. The fourth-order valence-electron chi connectivity index (χ4n) is 1.85. The van der Waals surface area contributed by atoms with Crippen molar-refractivity contribution in [1.29, 1.82) is 0 Å². The number of para-hydroxylation sites is 1. The minimum Gasteiger partial charge on any atom is -0.355 e. The summed E-state index contributed by atoms with van der Waals surface area (Å²) in [6.45, 7) is 2.81. The van der Waals surface area contributed by atoms with Crippen LogP contribution in [0, 0.1) is 0 Å². The van der Waals surface area contributed by atoms with Crippen LogP contribution in [0.15, 0.2) is 48.8 Å². The van der Waals surface area contributed by atoms with Gasteiger partial charge in [-0.25, -0.2) is 0 Å². The molecule has 4 nitrogen and oxygen atoms in total. The van der Waals surface area contributed by atoms with Crippen molar-refractivity contribution < 1.29 is 4.79 Å². The number of nitrogens with one attached hydrogen (secondary N) is 2. The van der Waals surface area contributed by atoms with Crippen molar-refractivity contribution in [2.24, 2.45) is 0 Å². The van der Waals surface area contributed by atoms with E-state index in [9.17, 15) is 4.79 Å². The second-order valence-corrected chi connectivity index (χ2v) is 4.52. The minimum absolute atomic E-state index is 0.0457. The Morgan fingerprint density at radius 3 is 2.65 bits per heavy atom. The highest BCUT2D eigenvalue weighted by Gasteiger charge is 2.10. The number of anilines is 2. The lowest BCUT2D eigenvalue weighted by Crippen LogP contribution is -2.25. The maximum Gasteiger partial charge on any atom is 0.253 e. The third kappa shape index (κ3) is 3.82. The van der Waals surface area contributed by atoms with Gasteiger partial charge in [-0.15, -0.1) is 0 Å². The standard InChI is InChI=1S/C16H19N3O/c1-2-3-10-18-16(20)14-6-4-5-7-15(14)19-13-8-11-17-12-9-13/h4-9,11-12H,2-3,10H2,1H3,(H,17,19)(H,18,20). The summed E-state index contributed by atoms with van der Waals surface area (Å²) >= 11 is 0. The SMILES string of the molecule is CCCCNC(=O)c1ccccc1Nc1ccncc1. The van der Waals surface area contributed by atoms with Gasteiger partial charge in [0, 0.05) is 24.6 Å². The predicted molar refractivity (Wildman–Crippen MR) is 81.2 cm³/mol. The van der Waals surface area contributed by atoms with Crippen LogP contribution < -0.4 is 10.6 Å². The summed E-state index contributed by atoms with van der Waals surface area (Å²) in [6, 6.07) is 11.2. The van der Waals surface area contributed by atoms with E-state index in [0.717, 1.165) is 24.2 Å². The average molecular weight is 269 g/mol. The third-order valence-electron chi connectivity index (χ3n) is 2.95. The zero-order chi connectivity index (χ0) is 14.2. The molecule has 0 unspecified atom stereocenters. The average Bonchev–Trinajstić information content (AvgIpc) is 2.49. The van der Waals surface area contributed by atoms with E-state index in [-0.39, 0.29) is 5.91 Å². The van der Waals surface area contributed by atoms with Gasteiger partial charge in [0.15, 0.2) is 0 Å². The number of benzene rings is 1. The van der Waals surface area contributed by atoms with E-state index in [4.69, 9.17) is 0 Å². The lowest BCUT2D eigenvalue weighted by atomic mass is 10.1. The lowest BCUT2D eigenvalue weighted by Gasteiger charge is -2.12. The summed E-state index contributed by atoms with van der Waals surface area (Å²) in [4.78, 5) is 16.1. The molecule has 4 heteroatoms. The minimum atomic E-state index is -0.0457. The summed E-state index contributed by atoms with van der Waals surface area (Å²) in [5.41, 5.74) is 2.36. The summed E-state index contributed by atoms with van der Waals surface area (Å²) in [5.74, 6) is -0.0457. The Labute approximate surface area is 119 Å². The number of rotatable bonds is 6. The second-order valence-electron chi connectivity index (χ2n) is 4.52. The summed E-state index contributed by atoms with van der Waals surface area (Å²) < 4.78 is 0. The fourth-order valence-corrected chi connectivity index (χ4v) is 1.85. The van der Waals surface area contributed by atoms with E-state index in [0.29, 0.717) is 12.1 Å². The van der Waals surface area contributed by atoms with Crippen molar-refractivity contribution in [2.75, 3.05) is 11.9 Å². The Morgan fingerprint density at radius 2 is 1.90 bits per heavy atom. The fraction of sp³-hybridized carbons (Fsp3) is 0.250. The Bertz CT molecular complexity index is 555. The van der Waals surface area contributed by atoms with Gasteiger partial charge >= 0.3 is 0 Å². The molecule has 0 saturated carbocycles. The normalized spacial score (nSPS) is 10.1. The van der Waals surface area contributed by atoms with Crippen molar-refractivity contribution in [3.63, 3.8) is 0 Å². The van der Waals surface area contributed by atoms with Crippen LogP contribution in [0.3, 0.4) is 0 Å². The zero-order valence-electron chi connectivity index (χ0n) is 11.6. The molecule has 1 amide bonds. The first-order chi connectivity index (χ1) is 9.81. The highest BCUT2D eigenvalue weighted by atomic mass is 16.1. The summed E-state index contributed by atoms with van der Waals surface area (Å²) in [7, 11) is 0. The quantitative estimate of drug-likeness (QED) is 0.791. The van der Waals surface area contributed by atoms with Crippen LogP contribution in [0.25, 0.3) is 0 Å². The van der Waals surface area contributed by atoms with Crippen LogP contribution in [0.5, 0.6) is 0 Å². The Balaban J connectivity index is 2.11. The molecule has 1 aromatic heterocycles. The maximum atomic E-state index is 12.2. The van der Waals surface area contributed by atoms with Crippen molar-refractivity contribution in [3.8, 4) is 0 Å². The largest absolute Gasteiger partial charge is 0.355 e. The molecule has 2 N–H and O–H groups in total. The second kappa shape index (κ2) is 7.28. The molecule has 104 valence electrons. The number of hydrogen-bond donors (Lipinski definition) is 2. The first-order valence-electron chi connectivity index (χ1n) is 6.85. The van der Waals surface area contributed by atoms with Crippen LogP contribution in [0.2, 0.25) is 0 Å². The molecule has 0 bridgehead atoms. The first kappa shape index (κ1) is 14.1. The van der Waals surface area contributed by atoms with Gasteiger partial charge in [0.2, 0.25) is 0 Å². The van der Waals surface area contributed by atoms with Crippen LogP contribution in [0.1, 0.15) is 30.1 Å². The molecular formula is C16H19N3O. The number of amides is 1. The van der Waals surface area contributed by atoms with Gasteiger partial charge in [-0.2, -0.15) is 0 Å². The molecule has 0 aliphatic heterocycles. The maximum absolute atomic E-state index is 12.2. The van der Waals surface area contributed by atoms with Crippen molar-refractivity contribution in [2.45, 2.75) is 19.8 Å². The number of carbonyl (C=O) groups is 1. The molecule has 0 aliphatic carbocycles. The van der Waals surface area contributed by atoms with E-state index >= 15 is 0 Å². The van der Waals surface area contributed by atoms with Crippen molar-refractivity contribution in [3.05, 3.63) is 54.4 Å². The highest BCUT2D eigenvalue weighted by molar-refractivity contribution is 6.00. The number of hydrogen-bond acceptors (Lipinski definition) is 3. The summed E-state index contributed by atoms with van der Waals surface area (Å²) in [5, 5.41) is 6.18. The molecule has 0 radical (unpaired) electrons. The van der Waals surface area contributed by atoms with E-state index in [1.165, 1.54) is 0 Å². The third-order valence-corrected chi connectivity index (χ3v) is 2.95. The molecule has 0 aliphatic rings. The molecule has 2 rings (SSSR count). The molecule has 20 heavy (non-hydrogen) atoms. The van der Waals surface area contributed by atoms with E-state index in [1.807, 2.05) is 36.4 Å². The monoisotopic (exact) mass is 269 g/mol. The van der Waals surface area contributed by atoms with Crippen molar-refractivity contribution in [1.82, 2.24) is 10.3 Å². The molecule has 0 fully saturated rings. The van der Waals surface area contributed by atoms with Crippen LogP contribution in [-0.4, -0.2) is 17.4 Å². The van der Waals surface area contributed by atoms with Crippen LogP contribution in [0.4, 0.5) is 11.4 Å². The van der Waals surface area contributed by atoms with Gasteiger partial charge in [0.25, 0.3) is 5.91 Å². The molecule has 0 spiro atoms. The number of carbonyl (C=O) groups excluding carboxylic acids is 1. The van der Waals surface area contributed by atoms with Crippen LogP contribution in [-0.2, 0) is 0 Å². The van der Waals surface area contributed by atoms with Gasteiger partial charge in [0.1, 0.15) is 0 Å². The van der Waals surface area contributed by atoms with Gasteiger partial charge < -0.3 is 10.6 Å². The molecule has 0 saturated heterocycles. The Morgan fingerprint density at radius 1 is 1.15 bits per heavy atom. The van der Waals surface area contributed by atoms with Gasteiger partial charge in [0.05, 0.1) is 11.3 Å². The summed E-state index contributed by atoms with van der Waals surface area (Å²) in [6.07, 6.45) is 5.49. The number of nitrogens with zero attached hydrogens (tertiary/aromatic N) is 1. The highest BCUT2D eigenvalue weighted by Crippen LogP contribution is 2.20. The van der Waals surface area contributed by atoms with Gasteiger partial charge in [-0.05, 0) is 30.7 Å².